The molecule has 0 unspecified atom stereocenters. The number of piperidine rings is 1. The van der Waals surface area contributed by atoms with E-state index in [4.69, 9.17) is 0 Å². The lowest BCUT2D eigenvalue weighted by Gasteiger charge is -2.21. The molecule has 0 saturated carbocycles. The van der Waals surface area contributed by atoms with Gasteiger partial charge in [-0.25, -0.2) is 0 Å². The highest BCUT2D eigenvalue weighted by molar-refractivity contribution is 5.78. The summed E-state index contributed by atoms with van der Waals surface area (Å²) in [5.41, 5.74) is 0. The Morgan fingerprint density at radius 3 is 1.95 bits per heavy atom. The summed E-state index contributed by atoms with van der Waals surface area (Å²) in [7, 11) is 0. The average Bonchev–Trinajstić information content (AvgIpc) is 2.50. The number of carbonyl (C=O) groups excluding carboxylic acids is 1. The summed E-state index contributed by atoms with van der Waals surface area (Å²) >= 11 is 0. The lowest BCUT2D eigenvalue weighted by molar-refractivity contribution is -0.120. The second kappa shape index (κ2) is 13.3. The second-order valence-corrected chi connectivity index (χ2v) is 6.87. The number of hydrogen-bond donors (Lipinski definition) is 1. The first kappa shape index (κ1) is 18.7. The molecule has 2 heteroatoms. The third-order valence-electron chi connectivity index (χ3n) is 4.78. The number of rotatable bonds is 13. The molecule has 0 aromatic heterocycles. The van der Waals surface area contributed by atoms with Crippen LogP contribution in [-0.4, -0.2) is 18.9 Å². The standard InChI is InChI=1S/C19H37NO/c1-2-3-4-5-6-7-8-9-10-11-12-19(21)17-18-13-15-20-16-14-18/h18,20H,2-17H2,1H3. The van der Waals surface area contributed by atoms with Crippen molar-refractivity contribution in [3.8, 4) is 0 Å². The van der Waals surface area contributed by atoms with Crippen LogP contribution in [-0.2, 0) is 4.79 Å². The minimum Gasteiger partial charge on any atom is -0.317 e. The van der Waals surface area contributed by atoms with E-state index in [0.29, 0.717) is 11.7 Å². The van der Waals surface area contributed by atoms with Crippen LogP contribution in [0.15, 0.2) is 0 Å². The van der Waals surface area contributed by atoms with E-state index in [2.05, 4.69) is 12.2 Å². The van der Waals surface area contributed by atoms with Gasteiger partial charge in [0.15, 0.2) is 0 Å². The van der Waals surface area contributed by atoms with Crippen molar-refractivity contribution in [1.29, 1.82) is 0 Å². The largest absolute Gasteiger partial charge is 0.317 e. The summed E-state index contributed by atoms with van der Waals surface area (Å²) in [5.74, 6) is 1.18. The minimum absolute atomic E-state index is 0.515. The minimum atomic E-state index is 0.515. The van der Waals surface area contributed by atoms with Crippen molar-refractivity contribution in [3.05, 3.63) is 0 Å². The Balaban J connectivity index is 1.81. The van der Waals surface area contributed by atoms with Crippen LogP contribution in [0.5, 0.6) is 0 Å². The molecule has 0 aromatic rings. The first-order valence-electron chi connectivity index (χ1n) is 9.55. The Morgan fingerprint density at radius 2 is 1.38 bits per heavy atom. The molecule has 1 aliphatic rings. The normalized spacial score (nSPS) is 16.2. The summed E-state index contributed by atoms with van der Waals surface area (Å²) < 4.78 is 0. The maximum absolute atomic E-state index is 11.9. The molecule has 1 heterocycles. The highest BCUT2D eigenvalue weighted by Gasteiger charge is 2.16. The first-order chi connectivity index (χ1) is 10.3. The van der Waals surface area contributed by atoms with Crippen LogP contribution in [0, 0.1) is 5.92 Å². The SMILES string of the molecule is CCCCCCCCCCCCC(=O)CC1CCNCC1. The second-order valence-electron chi connectivity index (χ2n) is 6.87. The molecular formula is C19H37NO. The fourth-order valence-corrected chi connectivity index (χ4v) is 3.32. The molecule has 0 aromatic carbocycles. The summed E-state index contributed by atoms with van der Waals surface area (Å²) in [6, 6.07) is 0. The summed E-state index contributed by atoms with van der Waals surface area (Å²) in [4.78, 5) is 11.9. The Hall–Kier alpha value is -0.370. The van der Waals surface area contributed by atoms with Crippen molar-refractivity contribution in [2.24, 2.45) is 5.92 Å². The van der Waals surface area contributed by atoms with Crippen molar-refractivity contribution in [3.63, 3.8) is 0 Å². The summed E-state index contributed by atoms with van der Waals surface area (Å²) in [5, 5.41) is 3.36. The van der Waals surface area contributed by atoms with E-state index in [1.54, 1.807) is 0 Å². The van der Waals surface area contributed by atoms with E-state index >= 15 is 0 Å². The number of nitrogens with one attached hydrogen (secondary N) is 1. The van der Waals surface area contributed by atoms with Crippen molar-refractivity contribution < 1.29 is 4.79 Å². The topological polar surface area (TPSA) is 29.1 Å². The number of hydrogen-bond acceptors (Lipinski definition) is 2. The Labute approximate surface area is 132 Å². The molecule has 1 fully saturated rings. The molecule has 1 rings (SSSR count). The van der Waals surface area contributed by atoms with Crippen LogP contribution in [0.2, 0.25) is 0 Å². The van der Waals surface area contributed by atoms with Crippen LogP contribution >= 0.6 is 0 Å². The van der Waals surface area contributed by atoms with Gasteiger partial charge >= 0.3 is 0 Å². The van der Waals surface area contributed by atoms with E-state index < -0.39 is 0 Å². The molecule has 0 atom stereocenters. The smallest absolute Gasteiger partial charge is 0.133 e. The van der Waals surface area contributed by atoms with Crippen LogP contribution in [0.3, 0.4) is 0 Å². The highest BCUT2D eigenvalue weighted by Crippen LogP contribution is 2.18. The zero-order valence-corrected chi connectivity index (χ0v) is 14.3. The van der Waals surface area contributed by atoms with Crippen LogP contribution in [0.1, 0.15) is 96.8 Å². The summed E-state index contributed by atoms with van der Waals surface area (Å²) in [6.07, 6.45) is 17.5. The van der Waals surface area contributed by atoms with E-state index in [1.165, 1.54) is 70.6 Å². The molecule has 21 heavy (non-hydrogen) atoms. The van der Waals surface area contributed by atoms with Gasteiger partial charge in [-0.3, -0.25) is 4.79 Å². The van der Waals surface area contributed by atoms with Crippen LogP contribution in [0.4, 0.5) is 0 Å². The maximum atomic E-state index is 11.9. The van der Waals surface area contributed by atoms with E-state index in [-0.39, 0.29) is 0 Å². The third-order valence-corrected chi connectivity index (χ3v) is 4.78. The van der Waals surface area contributed by atoms with Gasteiger partial charge in [-0.15, -0.1) is 0 Å². The molecule has 0 radical (unpaired) electrons. The molecular weight excluding hydrogens is 258 g/mol. The predicted octanol–water partition coefficient (Wildman–Crippen LogP) is 5.26. The molecule has 124 valence electrons. The molecule has 0 amide bonds. The van der Waals surface area contributed by atoms with Gasteiger partial charge in [0.1, 0.15) is 5.78 Å². The van der Waals surface area contributed by atoms with Gasteiger partial charge < -0.3 is 5.32 Å². The fourth-order valence-electron chi connectivity index (χ4n) is 3.32. The molecule has 0 aliphatic carbocycles. The van der Waals surface area contributed by atoms with Gasteiger partial charge in [-0.2, -0.15) is 0 Å². The Bertz CT molecular complexity index is 246. The number of carbonyl (C=O) groups is 1. The van der Waals surface area contributed by atoms with Gasteiger partial charge in [0.25, 0.3) is 0 Å². The van der Waals surface area contributed by atoms with E-state index in [1.807, 2.05) is 0 Å². The van der Waals surface area contributed by atoms with E-state index in [0.717, 1.165) is 32.4 Å². The molecule has 0 spiro atoms. The van der Waals surface area contributed by atoms with Gasteiger partial charge in [-0.1, -0.05) is 64.7 Å². The van der Waals surface area contributed by atoms with E-state index in [9.17, 15) is 4.79 Å². The highest BCUT2D eigenvalue weighted by atomic mass is 16.1. The fraction of sp³-hybridized carbons (Fsp3) is 0.947. The lowest BCUT2D eigenvalue weighted by atomic mass is 9.91. The Morgan fingerprint density at radius 1 is 0.857 bits per heavy atom. The first-order valence-corrected chi connectivity index (χ1v) is 9.55. The number of unbranched alkanes of at least 4 members (excludes halogenated alkanes) is 9. The molecule has 1 aliphatic heterocycles. The van der Waals surface area contributed by atoms with Gasteiger partial charge in [-0.05, 0) is 38.3 Å². The molecule has 0 bridgehead atoms. The zero-order chi connectivity index (χ0) is 15.2. The average molecular weight is 296 g/mol. The van der Waals surface area contributed by atoms with Crippen molar-refractivity contribution in [1.82, 2.24) is 5.32 Å². The number of Topliss-reactive ketones (excluding diaryl/α,β-unsaturated/α-hetero) is 1. The van der Waals surface area contributed by atoms with Crippen molar-refractivity contribution in [2.75, 3.05) is 13.1 Å². The third kappa shape index (κ3) is 10.9. The quantitative estimate of drug-likeness (QED) is 0.470. The molecule has 2 nitrogen and oxygen atoms in total. The van der Waals surface area contributed by atoms with Crippen LogP contribution < -0.4 is 5.32 Å². The lowest BCUT2D eigenvalue weighted by Crippen LogP contribution is -2.28. The van der Waals surface area contributed by atoms with Gasteiger partial charge in [0, 0.05) is 12.8 Å². The summed E-state index contributed by atoms with van der Waals surface area (Å²) in [6.45, 7) is 4.48. The number of ketones is 1. The van der Waals surface area contributed by atoms with Crippen molar-refractivity contribution >= 4 is 5.78 Å². The molecule has 1 N–H and O–H groups in total. The van der Waals surface area contributed by atoms with Gasteiger partial charge in [0.2, 0.25) is 0 Å². The Kier molecular flexibility index (Phi) is 11.8. The predicted molar refractivity (Wildman–Crippen MR) is 91.7 cm³/mol. The monoisotopic (exact) mass is 295 g/mol. The van der Waals surface area contributed by atoms with Crippen LogP contribution in [0.25, 0.3) is 0 Å². The maximum Gasteiger partial charge on any atom is 0.133 e. The van der Waals surface area contributed by atoms with Gasteiger partial charge in [0.05, 0.1) is 0 Å². The van der Waals surface area contributed by atoms with Crippen molar-refractivity contribution in [2.45, 2.75) is 96.8 Å². The zero-order valence-electron chi connectivity index (χ0n) is 14.3. The molecule has 1 saturated heterocycles.